The van der Waals surface area contributed by atoms with Crippen LogP contribution in [0.2, 0.25) is 0 Å². The zero-order valence-electron chi connectivity index (χ0n) is 16.0. The van der Waals surface area contributed by atoms with Gasteiger partial charge in [-0.3, -0.25) is 9.78 Å². The number of carbonyl (C=O) groups is 1. The lowest BCUT2D eigenvalue weighted by molar-refractivity contribution is 0.0996. The van der Waals surface area contributed by atoms with E-state index in [9.17, 15) is 4.79 Å². The molecule has 0 saturated carbocycles. The fraction of sp³-hybridized carbons (Fsp3) is 0.286. The van der Waals surface area contributed by atoms with Crippen LogP contribution in [-0.4, -0.2) is 54.0 Å². The highest BCUT2D eigenvalue weighted by atomic mass is 16.4. The number of likely N-dealkylation sites (N-methyl/N-ethyl adjacent to an activating group) is 1. The van der Waals surface area contributed by atoms with Crippen LogP contribution in [0.5, 0.6) is 0 Å². The highest BCUT2D eigenvalue weighted by Crippen LogP contribution is 2.29. The lowest BCUT2D eigenvalue weighted by Crippen LogP contribution is -2.23. The molecule has 0 atom stereocenters. The molecule has 0 radical (unpaired) electrons. The van der Waals surface area contributed by atoms with Crippen LogP contribution in [0.25, 0.3) is 22.8 Å². The first-order valence-electron chi connectivity index (χ1n) is 9.31. The standard InChI is InChI=1S/C15H11N3O2.C6H14N2/c16-14(19)12-13(10-5-2-1-3-6-10)20-15(18-12)11-7-4-8-17-9-11;1-8-5-2-3-7-4-6-8/h1-9H,(H2,16,19);7H,2-6H2,1H3. The summed E-state index contributed by atoms with van der Waals surface area (Å²) in [6, 6.07) is 12.8. The third-order valence-electron chi connectivity index (χ3n) is 4.37. The summed E-state index contributed by atoms with van der Waals surface area (Å²) in [5, 5.41) is 3.34. The normalized spacial score (nSPS) is 14.6. The van der Waals surface area contributed by atoms with E-state index in [1.165, 1.54) is 26.1 Å². The average Bonchev–Trinajstić information content (AvgIpc) is 3.05. The number of nitrogens with two attached hydrogens (primary N) is 1. The van der Waals surface area contributed by atoms with Gasteiger partial charge in [0.2, 0.25) is 5.89 Å². The molecule has 1 amide bonds. The van der Waals surface area contributed by atoms with Crippen LogP contribution in [0.1, 0.15) is 16.9 Å². The summed E-state index contributed by atoms with van der Waals surface area (Å²) >= 11 is 0. The Morgan fingerprint density at radius 3 is 2.61 bits per heavy atom. The zero-order chi connectivity index (χ0) is 19.8. The van der Waals surface area contributed by atoms with Crippen LogP contribution in [0, 0.1) is 0 Å². The van der Waals surface area contributed by atoms with Crippen molar-refractivity contribution < 1.29 is 9.21 Å². The minimum atomic E-state index is -0.622. The second-order valence-corrected chi connectivity index (χ2v) is 6.58. The minimum absolute atomic E-state index is 0.120. The van der Waals surface area contributed by atoms with Crippen molar-refractivity contribution in [2.24, 2.45) is 5.73 Å². The fourth-order valence-electron chi connectivity index (χ4n) is 2.87. The zero-order valence-corrected chi connectivity index (χ0v) is 16.0. The Balaban J connectivity index is 0.000000236. The van der Waals surface area contributed by atoms with E-state index in [4.69, 9.17) is 10.2 Å². The number of hydrogen-bond acceptors (Lipinski definition) is 6. The topological polar surface area (TPSA) is 97.3 Å². The predicted octanol–water partition coefficient (Wildman–Crippen LogP) is 2.41. The molecular weight excluding hydrogens is 354 g/mol. The van der Waals surface area contributed by atoms with E-state index in [2.05, 4.69) is 27.2 Å². The van der Waals surface area contributed by atoms with Crippen molar-refractivity contribution >= 4 is 5.91 Å². The van der Waals surface area contributed by atoms with Gasteiger partial charge >= 0.3 is 0 Å². The van der Waals surface area contributed by atoms with Crippen molar-refractivity contribution in [2.75, 3.05) is 33.2 Å². The molecule has 0 aliphatic carbocycles. The molecule has 1 saturated heterocycles. The summed E-state index contributed by atoms with van der Waals surface area (Å²) in [6.07, 6.45) is 4.57. The molecule has 1 aromatic carbocycles. The number of rotatable bonds is 3. The molecule has 1 aliphatic heterocycles. The molecule has 3 aromatic rings. The van der Waals surface area contributed by atoms with Gasteiger partial charge in [-0.2, -0.15) is 0 Å². The Bertz CT molecular complexity index is 872. The first-order chi connectivity index (χ1) is 13.6. The summed E-state index contributed by atoms with van der Waals surface area (Å²) in [5.41, 5.74) is 6.93. The molecule has 7 nitrogen and oxygen atoms in total. The van der Waals surface area contributed by atoms with Gasteiger partial charge in [-0.15, -0.1) is 0 Å². The largest absolute Gasteiger partial charge is 0.435 e. The van der Waals surface area contributed by atoms with Gasteiger partial charge in [0.05, 0.1) is 5.56 Å². The van der Waals surface area contributed by atoms with E-state index < -0.39 is 5.91 Å². The SMILES string of the molecule is CN1CCCNCC1.NC(=O)c1nc(-c2cccnc2)oc1-c1ccccc1. The summed E-state index contributed by atoms with van der Waals surface area (Å²) in [7, 11) is 2.17. The number of primary amides is 1. The number of benzene rings is 1. The summed E-state index contributed by atoms with van der Waals surface area (Å²) < 4.78 is 5.70. The Kier molecular flexibility index (Phi) is 6.89. The Morgan fingerprint density at radius 1 is 1.11 bits per heavy atom. The highest BCUT2D eigenvalue weighted by molar-refractivity contribution is 5.97. The van der Waals surface area contributed by atoms with Gasteiger partial charge in [-0.05, 0) is 38.7 Å². The maximum atomic E-state index is 11.5. The van der Waals surface area contributed by atoms with E-state index in [0.717, 1.165) is 12.1 Å². The fourth-order valence-corrected chi connectivity index (χ4v) is 2.87. The molecule has 0 unspecified atom stereocenters. The molecule has 4 rings (SSSR count). The van der Waals surface area contributed by atoms with E-state index in [-0.39, 0.29) is 5.69 Å². The first kappa shape index (κ1) is 19.7. The molecule has 3 N–H and O–H groups in total. The van der Waals surface area contributed by atoms with E-state index in [0.29, 0.717) is 17.2 Å². The number of carbonyl (C=O) groups excluding carboxylic acids is 1. The molecular formula is C21H25N5O2. The van der Waals surface area contributed by atoms with Crippen molar-refractivity contribution in [1.82, 2.24) is 20.2 Å². The van der Waals surface area contributed by atoms with Crippen LogP contribution in [0.15, 0.2) is 59.3 Å². The van der Waals surface area contributed by atoms with Crippen molar-refractivity contribution in [3.8, 4) is 22.8 Å². The van der Waals surface area contributed by atoms with Gasteiger partial charge in [0.25, 0.3) is 5.91 Å². The van der Waals surface area contributed by atoms with E-state index in [1.807, 2.05) is 30.3 Å². The summed E-state index contributed by atoms with van der Waals surface area (Å²) in [6.45, 7) is 4.83. The minimum Gasteiger partial charge on any atom is -0.435 e. The molecule has 2 aromatic heterocycles. The number of aromatic nitrogens is 2. The molecule has 1 fully saturated rings. The second kappa shape index (κ2) is 9.77. The van der Waals surface area contributed by atoms with Crippen molar-refractivity contribution in [3.05, 3.63) is 60.6 Å². The molecule has 28 heavy (non-hydrogen) atoms. The number of nitrogens with zero attached hydrogens (tertiary/aromatic N) is 3. The first-order valence-corrected chi connectivity index (χ1v) is 9.31. The molecule has 3 heterocycles. The molecule has 146 valence electrons. The van der Waals surface area contributed by atoms with E-state index >= 15 is 0 Å². The smallest absolute Gasteiger partial charge is 0.271 e. The number of nitrogens with one attached hydrogen (secondary N) is 1. The van der Waals surface area contributed by atoms with Crippen LogP contribution >= 0.6 is 0 Å². The van der Waals surface area contributed by atoms with Gasteiger partial charge in [0.15, 0.2) is 11.5 Å². The molecule has 1 aliphatic rings. The molecule has 0 spiro atoms. The van der Waals surface area contributed by atoms with Crippen LogP contribution in [0.4, 0.5) is 0 Å². The molecule has 7 heteroatoms. The number of oxazole rings is 1. The van der Waals surface area contributed by atoms with Gasteiger partial charge in [0.1, 0.15) is 0 Å². The van der Waals surface area contributed by atoms with Crippen LogP contribution in [0.3, 0.4) is 0 Å². The molecule has 0 bridgehead atoms. The number of hydrogen-bond donors (Lipinski definition) is 2. The lowest BCUT2D eigenvalue weighted by Gasteiger charge is -2.09. The van der Waals surface area contributed by atoms with Gasteiger partial charge in [-0.1, -0.05) is 30.3 Å². The Labute approximate surface area is 164 Å². The summed E-state index contributed by atoms with van der Waals surface area (Å²) in [4.78, 5) is 22.1. The maximum absolute atomic E-state index is 11.5. The van der Waals surface area contributed by atoms with Crippen LogP contribution in [-0.2, 0) is 0 Å². The van der Waals surface area contributed by atoms with Gasteiger partial charge < -0.3 is 20.4 Å². The third-order valence-corrected chi connectivity index (χ3v) is 4.37. The maximum Gasteiger partial charge on any atom is 0.271 e. The quantitative estimate of drug-likeness (QED) is 0.725. The monoisotopic (exact) mass is 379 g/mol. The number of amides is 1. The second-order valence-electron chi connectivity index (χ2n) is 6.58. The van der Waals surface area contributed by atoms with Gasteiger partial charge in [0, 0.05) is 31.0 Å². The Morgan fingerprint density at radius 2 is 1.89 bits per heavy atom. The van der Waals surface area contributed by atoms with Gasteiger partial charge in [-0.25, -0.2) is 4.98 Å². The van der Waals surface area contributed by atoms with Crippen LogP contribution < -0.4 is 11.1 Å². The van der Waals surface area contributed by atoms with E-state index in [1.54, 1.807) is 24.5 Å². The Hall–Kier alpha value is -3.03. The average molecular weight is 379 g/mol. The lowest BCUT2D eigenvalue weighted by atomic mass is 10.1. The predicted molar refractivity (Wildman–Crippen MR) is 109 cm³/mol. The number of pyridine rings is 1. The van der Waals surface area contributed by atoms with Crippen molar-refractivity contribution in [3.63, 3.8) is 0 Å². The van der Waals surface area contributed by atoms with Crippen molar-refractivity contribution in [1.29, 1.82) is 0 Å². The third kappa shape index (κ3) is 5.25. The van der Waals surface area contributed by atoms with Crippen molar-refractivity contribution in [2.45, 2.75) is 6.42 Å². The highest BCUT2D eigenvalue weighted by Gasteiger charge is 2.20. The summed E-state index contributed by atoms with van der Waals surface area (Å²) in [5.74, 6) is 0.0745.